The van der Waals surface area contributed by atoms with Crippen molar-refractivity contribution in [1.29, 1.82) is 0 Å². The van der Waals surface area contributed by atoms with E-state index < -0.39 is 23.1 Å². The van der Waals surface area contributed by atoms with E-state index in [4.69, 9.17) is 0 Å². The second kappa shape index (κ2) is 5.93. The first kappa shape index (κ1) is 17.2. The van der Waals surface area contributed by atoms with Crippen LogP contribution in [0.25, 0.3) is 16.8 Å². The SMILES string of the molecule is C=C(c1cc(C2(O)CNC2)c(F)c(-c2cc(C)c(F)cc2F)n1)C1CC1. The molecule has 1 saturated heterocycles. The lowest BCUT2D eigenvalue weighted by molar-refractivity contribution is -0.0177. The second-order valence-electron chi connectivity index (χ2n) is 7.23. The molecule has 1 saturated carbocycles. The smallest absolute Gasteiger partial charge is 0.155 e. The molecule has 0 unspecified atom stereocenters. The van der Waals surface area contributed by atoms with Gasteiger partial charge < -0.3 is 10.4 Å². The molecule has 2 fully saturated rings. The predicted octanol–water partition coefficient (Wildman–Crippen LogP) is 3.69. The molecule has 136 valence electrons. The van der Waals surface area contributed by atoms with E-state index in [2.05, 4.69) is 16.9 Å². The van der Waals surface area contributed by atoms with E-state index in [0.29, 0.717) is 5.69 Å². The first-order chi connectivity index (χ1) is 12.3. The Morgan fingerprint density at radius 3 is 2.46 bits per heavy atom. The summed E-state index contributed by atoms with van der Waals surface area (Å²) in [5.74, 6) is -2.10. The van der Waals surface area contributed by atoms with Gasteiger partial charge in [-0.1, -0.05) is 6.58 Å². The maximum atomic E-state index is 15.2. The van der Waals surface area contributed by atoms with Crippen LogP contribution in [0.4, 0.5) is 13.2 Å². The molecule has 2 N–H and O–H groups in total. The monoisotopic (exact) mass is 360 g/mol. The van der Waals surface area contributed by atoms with E-state index >= 15 is 4.39 Å². The zero-order chi connectivity index (χ0) is 18.6. The van der Waals surface area contributed by atoms with Crippen molar-refractivity contribution in [1.82, 2.24) is 10.3 Å². The van der Waals surface area contributed by atoms with Crippen molar-refractivity contribution in [2.45, 2.75) is 25.4 Å². The fourth-order valence-electron chi connectivity index (χ4n) is 3.24. The molecule has 0 radical (unpaired) electrons. The number of allylic oxidation sites excluding steroid dienone is 1. The van der Waals surface area contributed by atoms with Crippen molar-refractivity contribution in [2.24, 2.45) is 5.92 Å². The van der Waals surface area contributed by atoms with Crippen molar-refractivity contribution in [3.63, 3.8) is 0 Å². The maximum Gasteiger partial charge on any atom is 0.155 e. The van der Waals surface area contributed by atoms with Gasteiger partial charge >= 0.3 is 0 Å². The summed E-state index contributed by atoms with van der Waals surface area (Å²) in [7, 11) is 0. The third kappa shape index (κ3) is 2.73. The van der Waals surface area contributed by atoms with E-state index in [9.17, 15) is 13.9 Å². The molecule has 26 heavy (non-hydrogen) atoms. The summed E-state index contributed by atoms with van der Waals surface area (Å²) in [4.78, 5) is 4.30. The van der Waals surface area contributed by atoms with Gasteiger partial charge in [-0.05, 0) is 49.0 Å². The number of hydrogen-bond donors (Lipinski definition) is 2. The number of rotatable bonds is 4. The fraction of sp³-hybridized carbons (Fsp3) is 0.350. The highest BCUT2D eigenvalue weighted by atomic mass is 19.1. The third-order valence-corrected chi connectivity index (χ3v) is 5.20. The number of aliphatic hydroxyl groups is 1. The molecule has 2 heterocycles. The van der Waals surface area contributed by atoms with Gasteiger partial charge in [0, 0.05) is 30.3 Å². The molecule has 0 bridgehead atoms. The van der Waals surface area contributed by atoms with Crippen LogP contribution in [0.2, 0.25) is 0 Å². The molecule has 4 rings (SSSR count). The Morgan fingerprint density at radius 1 is 1.19 bits per heavy atom. The summed E-state index contributed by atoms with van der Waals surface area (Å²) in [6, 6.07) is 3.48. The summed E-state index contributed by atoms with van der Waals surface area (Å²) in [6.07, 6.45) is 1.97. The van der Waals surface area contributed by atoms with Crippen LogP contribution in [0.15, 0.2) is 24.8 Å². The van der Waals surface area contributed by atoms with Crippen LogP contribution in [-0.2, 0) is 5.60 Å². The maximum absolute atomic E-state index is 15.2. The first-order valence-electron chi connectivity index (χ1n) is 8.59. The van der Waals surface area contributed by atoms with E-state index in [1.54, 1.807) is 0 Å². The Morgan fingerprint density at radius 2 is 1.88 bits per heavy atom. The molecule has 2 aromatic rings. The lowest BCUT2D eigenvalue weighted by atomic mass is 9.86. The number of nitrogens with one attached hydrogen (secondary N) is 1. The Bertz CT molecular complexity index is 918. The zero-order valence-electron chi connectivity index (χ0n) is 14.4. The van der Waals surface area contributed by atoms with E-state index in [1.165, 1.54) is 19.1 Å². The predicted molar refractivity (Wildman–Crippen MR) is 92.8 cm³/mol. The first-order valence-corrected chi connectivity index (χ1v) is 8.59. The molecular weight excluding hydrogens is 341 g/mol. The topological polar surface area (TPSA) is 45.1 Å². The molecule has 1 aliphatic heterocycles. The second-order valence-corrected chi connectivity index (χ2v) is 7.23. The average molecular weight is 360 g/mol. The molecular formula is C20H19F3N2O. The minimum absolute atomic E-state index is 0.0689. The summed E-state index contributed by atoms with van der Waals surface area (Å²) >= 11 is 0. The van der Waals surface area contributed by atoms with Gasteiger partial charge in [0.25, 0.3) is 0 Å². The van der Waals surface area contributed by atoms with Gasteiger partial charge in [0.2, 0.25) is 0 Å². The molecule has 2 aliphatic rings. The Balaban J connectivity index is 1.93. The third-order valence-electron chi connectivity index (χ3n) is 5.20. The summed E-state index contributed by atoms with van der Waals surface area (Å²) in [6.45, 7) is 5.92. The van der Waals surface area contributed by atoms with Gasteiger partial charge in [0.15, 0.2) is 5.82 Å². The summed E-state index contributed by atoms with van der Waals surface area (Å²) < 4.78 is 43.2. The normalized spacial score (nSPS) is 18.5. The number of nitrogens with zero attached hydrogens (tertiary/aromatic N) is 1. The standard InChI is InChI=1S/C20H19F3N2O/c1-10-5-13(16(22)7-15(10)21)19-18(23)14(20(26)8-24-9-20)6-17(25-19)11(2)12-3-4-12/h5-7,12,24,26H,2-4,8-9H2,1H3. The largest absolute Gasteiger partial charge is 0.382 e. The highest BCUT2D eigenvalue weighted by molar-refractivity contribution is 5.70. The number of halogens is 3. The van der Waals surface area contributed by atoms with Crippen LogP contribution in [-0.4, -0.2) is 23.2 Å². The van der Waals surface area contributed by atoms with Crippen LogP contribution >= 0.6 is 0 Å². The molecule has 3 nitrogen and oxygen atoms in total. The molecule has 0 amide bonds. The molecule has 6 heteroatoms. The highest BCUT2D eigenvalue weighted by Gasteiger charge is 2.40. The van der Waals surface area contributed by atoms with Crippen LogP contribution in [0.3, 0.4) is 0 Å². The molecule has 0 atom stereocenters. The van der Waals surface area contributed by atoms with Crippen molar-refractivity contribution in [3.05, 3.63) is 59.1 Å². The number of benzene rings is 1. The number of β-amino-alcohol motifs (C(OH)–C–C–N with tert-alkyl or cyclic N) is 1. The quantitative estimate of drug-likeness (QED) is 0.874. The molecule has 1 aromatic heterocycles. The minimum atomic E-state index is -1.37. The van der Waals surface area contributed by atoms with Crippen molar-refractivity contribution >= 4 is 5.57 Å². The number of aromatic nitrogens is 1. The van der Waals surface area contributed by atoms with Crippen molar-refractivity contribution in [2.75, 3.05) is 13.1 Å². The van der Waals surface area contributed by atoms with Gasteiger partial charge in [-0.25, -0.2) is 18.2 Å². The number of pyridine rings is 1. The van der Waals surface area contributed by atoms with Gasteiger partial charge in [-0.2, -0.15) is 0 Å². The summed E-state index contributed by atoms with van der Waals surface area (Å²) in [5, 5.41) is 13.6. The lowest BCUT2D eigenvalue weighted by Gasteiger charge is -2.38. The Labute approximate surface area is 149 Å². The molecule has 1 aliphatic carbocycles. The minimum Gasteiger partial charge on any atom is -0.382 e. The van der Waals surface area contributed by atoms with E-state index in [0.717, 1.165) is 24.5 Å². The van der Waals surface area contributed by atoms with Crippen molar-refractivity contribution < 1.29 is 18.3 Å². The van der Waals surface area contributed by atoms with Crippen LogP contribution < -0.4 is 5.32 Å². The van der Waals surface area contributed by atoms with Crippen LogP contribution in [0, 0.1) is 30.3 Å². The molecule has 0 spiro atoms. The van der Waals surface area contributed by atoms with Gasteiger partial charge in [-0.15, -0.1) is 0 Å². The number of aryl methyl sites for hydroxylation is 1. The van der Waals surface area contributed by atoms with Crippen LogP contribution in [0.5, 0.6) is 0 Å². The zero-order valence-corrected chi connectivity index (χ0v) is 14.4. The fourth-order valence-corrected chi connectivity index (χ4v) is 3.24. The number of hydrogen-bond acceptors (Lipinski definition) is 3. The van der Waals surface area contributed by atoms with Crippen LogP contribution in [0.1, 0.15) is 29.7 Å². The lowest BCUT2D eigenvalue weighted by Crippen LogP contribution is -2.57. The van der Waals surface area contributed by atoms with E-state index in [-0.39, 0.29) is 41.4 Å². The van der Waals surface area contributed by atoms with Crippen molar-refractivity contribution in [3.8, 4) is 11.3 Å². The average Bonchev–Trinajstić information content (AvgIpc) is 3.41. The van der Waals surface area contributed by atoms with Gasteiger partial charge in [0.05, 0.1) is 5.69 Å². The molecule has 1 aromatic carbocycles. The Kier molecular flexibility index (Phi) is 3.93. The van der Waals surface area contributed by atoms with Gasteiger partial charge in [0.1, 0.15) is 22.9 Å². The van der Waals surface area contributed by atoms with Gasteiger partial charge in [-0.3, -0.25) is 0 Å². The highest BCUT2D eigenvalue weighted by Crippen LogP contribution is 2.42. The van der Waals surface area contributed by atoms with E-state index in [1.807, 2.05) is 0 Å². The Hall–Kier alpha value is -2.18. The summed E-state index contributed by atoms with van der Waals surface area (Å²) in [5.41, 5.74) is -0.252.